The second-order valence-electron chi connectivity index (χ2n) is 8.83. The molecular weight excluding hydrogens is 679 g/mol. The number of aromatic nitrogens is 1. The zero-order chi connectivity index (χ0) is 29.7. The molecule has 0 spiro atoms. The number of terminal acetylenes is 1. The van der Waals surface area contributed by atoms with Gasteiger partial charge in [0.25, 0.3) is 5.56 Å². The van der Waals surface area contributed by atoms with E-state index in [0.29, 0.717) is 54.9 Å². The van der Waals surface area contributed by atoms with E-state index in [1.807, 2.05) is 13.0 Å². The van der Waals surface area contributed by atoms with Crippen LogP contribution in [0.4, 0.5) is 0 Å². The van der Waals surface area contributed by atoms with E-state index in [1.165, 1.54) is 30.1 Å². The molecule has 214 valence electrons. The molecule has 0 radical (unpaired) electrons. The number of fused-ring (bicyclic) bond motifs is 1. The summed E-state index contributed by atoms with van der Waals surface area (Å²) in [5, 5.41) is 0.439. The predicted octanol–water partition coefficient (Wildman–Crippen LogP) is 4.87. The zero-order valence-corrected chi connectivity index (χ0v) is 26.7. The number of carbonyl (C=O) groups excluding carboxylic acids is 1. The minimum absolute atomic E-state index is 0.0974. The fourth-order valence-corrected chi connectivity index (χ4v) is 6.54. The highest BCUT2D eigenvalue weighted by Crippen LogP contribution is 2.38. The maximum absolute atomic E-state index is 14.1. The summed E-state index contributed by atoms with van der Waals surface area (Å²) in [7, 11) is 3.07. The first-order valence-corrected chi connectivity index (χ1v) is 15.0. The molecule has 1 aliphatic rings. The fourth-order valence-electron chi connectivity index (χ4n) is 4.56. The van der Waals surface area contributed by atoms with Gasteiger partial charge in [0.2, 0.25) is 0 Å². The van der Waals surface area contributed by atoms with Gasteiger partial charge in [0, 0.05) is 10.6 Å². The predicted molar refractivity (Wildman–Crippen MR) is 168 cm³/mol. The number of methoxy groups -OCH3 is 2. The van der Waals surface area contributed by atoms with Crippen LogP contribution in [0.1, 0.15) is 43.9 Å². The number of ether oxygens (including phenoxy) is 4. The Morgan fingerprint density at radius 1 is 1.22 bits per heavy atom. The van der Waals surface area contributed by atoms with Crippen LogP contribution in [0.5, 0.6) is 17.2 Å². The first-order chi connectivity index (χ1) is 19.8. The van der Waals surface area contributed by atoms with Gasteiger partial charge in [-0.2, -0.15) is 0 Å². The van der Waals surface area contributed by atoms with Gasteiger partial charge in [-0.25, -0.2) is 9.79 Å². The Hall–Kier alpha value is -3.27. The van der Waals surface area contributed by atoms with Crippen molar-refractivity contribution in [2.24, 2.45) is 4.99 Å². The first kappa shape index (κ1) is 30.7. The lowest BCUT2D eigenvalue weighted by molar-refractivity contribution is -0.139. The van der Waals surface area contributed by atoms with Crippen LogP contribution in [0, 0.1) is 15.9 Å². The van der Waals surface area contributed by atoms with Gasteiger partial charge in [-0.1, -0.05) is 42.2 Å². The molecule has 11 heteroatoms. The molecule has 0 amide bonds. The molecule has 0 N–H and O–H groups in total. The average Bonchev–Trinajstić information content (AvgIpc) is 3.25. The Balaban J connectivity index is 2.00. The van der Waals surface area contributed by atoms with Crippen LogP contribution in [0.2, 0.25) is 5.02 Å². The normalized spacial score (nSPS) is 14.7. The van der Waals surface area contributed by atoms with Gasteiger partial charge in [-0.15, -0.1) is 6.42 Å². The van der Waals surface area contributed by atoms with Crippen LogP contribution in [0.15, 0.2) is 51.4 Å². The highest BCUT2D eigenvalue weighted by molar-refractivity contribution is 14.1. The van der Waals surface area contributed by atoms with E-state index < -0.39 is 12.0 Å². The van der Waals surface area contributed by atoms with Gasteiger partial charge in [-0.3, -0.25) is 9.36 Å². The van der Waals surface area contributed by atoms with Crippen molar-refractivity contribution in [3.8, 4) is 29.6 Å². The second-order valence-corrected chi connectivity index (χ2v) is 11.4. The Morgan fingerprint density at radius 3 is 2.63 bits per heavy atom. The number of allylic oxidation sites excluding steroid dienone is 1. The topological polar surface area (TPSA) is 88.4 Å². The summed E-state index contributed by atoms with van der Waals surface area (Å²) in [5.74, 6) is 3.41. The van der Waals surface area contributed by atoms with Crippen molar-refractivity contribution in [3.05, 3.63) is 81.0 Å². The zero-order valence-electron chi connectivity index (χ0n) is 23.0. The number of hydrogen-bond donors (Lipinski definition) is 0. The largest absolute Gasteiger partial charge is 0.496 e. The summed E-state index contributed by atoms with van der Waals surface area (Å²) in [5.41, 5.74) is 1.82. The summed E-state index contributed by atoms with van der Waals surface area (Å²) >= 11 is 9.78. The van der Waals surface area contributed by atoms with Crippen molar-refractivity contribution < 1.29 is 23.7 Å². The number of carbonyl (C=O) groups is 1. The number of thiazole rings is 1. The number of rotatable bonds is 10. The maximum atomic E-state index is 14.1. The van der Waals surface area contributed by atoms with Gasteiger partial charge in [0.1, 0.15) is 18.4 Å². The second kappa shape index (κ2) is 13.6. The molecule has 0 saturated carbocycles. The van der Waals surface area contributed by atoms with Crippen molar-refractivity contribution in [2.45, 2.75) is 32.7 Å². The molecule has 3 aromatic rings. The van der Waals surface area contributed by atoms with Crippen molar-refractivity contribution in [2.75, 3.05) is 27.4 Å². The highest BCUT2D eigenvalue weighted by Gasteiger charge is 2.36. The van der Waals surface area contributed by atoms with Gasteiger partial charge < -0.3 is 18.9 Å². The smallest absolute Gasteiger partial charge is 0.338 e. The summed E-state index contributed by atoms with van der Waals surface area (Å²) in [6.45, 7) is 4.01. The quantitative estimate of drug-likeness (QED) is 0.170. The van der Waals surface area contributed by atoms with Gasteiger partial charge in [0.15, 0.2) is 16.3 Å². The minimum atomic E-state index is -0.850. The van der Waals surface area contributed by atoms with Crippen LogP contribution in [0.3, 0.4) is 0 Å². The standard InChI is InChI=1S/C30H28ClIN2O6S/c1-6-9-21-25(29(36)39-8-3)26(19-16-18(31)10-11-22(19)37-4)34-28(35)24(41-30(34)33-21)15-17-13-20(32)27(40-12-7-2)23(14-17)38-5/h2,10-11,13-16,26H,6,8-9,12H2,1,3-5H3/b24-15+/t26-/m1/s1. The van der Waals surface area contributed by atoms with Gasteiger partial charge in [0.05, 0.1) is 40.2 Å². The maximum Gasteiger partial charge on any atom is 0.338 e. The molecule has 0 saturated heterocycles. The van der Waals surface area contributed by atoms with Crippen LogP contribution < -0.4 is 29.1 Å². The van der Waals surface area contributed by atoms with Gasteiger partial charge in [-0.05, 0) is 77.9 Å². The van der Waals surface area contributed by atoms with E-state index >= 15 is 0 Å². The highest BCUT2D eigenvalue weighted by atomic mass is 127. The Labute approximate surface area is 260 Å². The molecule has 0 unspecified atom stereocenters. The average molecular weight is 707 g/mol. The molecule has 0 aliphatic carbocycles. The van der Waals surface area contributed by atoms with E-state index in [1.54, 1.807) is 37.3 Å². The van der Waals surface area contributed by atoms with E-state index in [9.17, 15) is 9.59 Å². The van der Waals surface area contributed by atoms with Crippen LogP contribution in [-0.4, -0.2) is 38.0 Å². The molecule has 0 bridgehead atoms. The Bertz CT molecular complexity index is 1740. The first-order valence-electron chi connectivity index (χ1n) is 12.8. The van der Waals surface area contributed by atoms with Gasteiger partial charge >= 0.3 is 5.97 Å². The molecule has 2 heterocycles. The molecule has 0 fully saturated rings. The molecule has 41 heavy (non-hydrogen) atoms. The molecule has 2 aromatic carbocycles. The van der Waals surface area contributed by atoms with Crippen molar-refractivity contribution in [1.29, 1.82) is 0 Å². The Morgan fingerprint density at radius 2 is 1.98 bits per heavy atom. The molecule has 4 rings (SSSR count). The van der Waals surface area contributed by atoms with E-state index in [4.69, 9.17) is 42.0 Å². The molecular formula is C30H28ClIN2O6S. The lowest BCUT2D eigenvalue weighted by Crippen LogP contribution is -2.40. The monoisotopic (exact) mass is 706 g/mol. The van der Waals surface area contributed by atoms with Crippen molar-refractivity contribution >= 4 is 57.6 Å². The number of benzene rings is 2. The third-order valence-corrected chi connectivity index (χ3v) is 8.25. The minimum Gasteiger partial charge on any atom is -0.496 e. The third kappa shape index (κ3) is 6.32. The molecule has 1 atom stereocenters. The van der Waals surface area contributed by atoms with Crippen LogP contribution >= 0.6 is 45.5 Å². The van der Waals surface area contributed by atoms with Crippen molar-refractivity contribution in [3.63, 3.8) is 0 Å². The number of hydrogen-bond acceptors (Lipinski definition) is 8. The Kier molecular flexibility index (Phi) is 10.2. The van der Waals surface area contributed by atoms with E-state index in [-0.39, 0.29) is 18.8 Å². The summed E-state index contributed by atoms with van der Waals surface area (Å²) < 4.78 is 25.0. The molecule has 1 aromatic heterocycles. The summed E-state index contributed by atoms with van der Waals surface area (Å²) in [4.78, 5) is 32.7. The number of halogens is 2. The number of esters is 1. The summed E-state index contributed by atoms with van der Waals surface area (Å²) in [6.07, 6.45) is 8.37. The summed E-state index contributed by atoms with van der Waals surface area (Å²) in [6, 6.07) is 7.91. The van der Waals surface area contributed by atoms with E-state index in [0.717, 1.165) is 15.6 Å². The van der Waals surface area contributed by atoms with Crippen molar-refractivity contribution in [1.82, 2.24) is 4.57 Å². The molecule has 8 nitrogen and oxygen atoms in total. The SMILES string of the molecule is C#CCOc1c(I)cc(/C=c2/sc3n(c2=O)[C@H](c2cc(Cl)ccc2OC)C(C(=O)OCC)=C(CCC)N=3)cc1OC. The fraction of sp³-hybridized carbons (Fsp3) is 0.300. The number of nitrogens with zero attached hydrogens (tertiary/aromatic N) is 2. The lowest BCUT2D eigenvalue weighted by atomic mass is 9.93. The third-order valence-electron chi connectivity index (χ3n) is 6.23. The lowest BCUT2D eigenvalue weighted by Gasteiger charge is -2.27. The molecule has 1 aliphatic heterocycles. The van der Waals surface area contributed by atoms with Crippen LogP contribution in [0.25, 0.3) is 6.08 Å². The van der Waals surface area contributed by atoms with Crippen LogP contribution in [-0.2, 0) is 9.53 Å². The van der Waals surface area contributed by atoms with E-state index in [2.05, 4.69) is 28.5 Å².